The molecular formula is C30H25NO3P2. The fraction of sp³-hybridized carbons (Fsp3) is 0. The van der Waals surface area contributed by atoms with Crippen molar-refractivity contribution in [2.24, 2.45) is 4.52 Å². The SMILES string of the molecule is O=P(N=P(c1ccccc1)(c1ccccc1)c1ccccc1)(Oc1ccccc1)Oc1ccccc1. The lowest BCUT2D eigenvalue weighted by atomic mass is 10.3. The highest BCUT2D eigenvalue weighted by Gasteiger charge is 2.37. The summed E-state index contributed by atoms with van der Waals surface area (Å²) in [5.41, 5.74) is 0. The van der Waals surface area contributed by atoms with Gasteiger partial charge in [0.2, 0.25) is 0 Å². The van der Waals surface area contributed by atoms with Crippen LogP contribution in [0.15, 0.2) is 156 Å². The number of para-hydroxylation sites is 2. The predicted octanol–water partition coefficient (Wildman–Crippen LogP) is 7.43. The van der Waals surface area contributed by atoms with Crippen molar-refractivity contribution in [3.63, 3.8) is 0 Å². The average molecular weight is 509 g/mol. The molecule has 4 nitrogen and oxygen atoms in total. The van der Waals surface area contributed by atoms with E-state index in [2.05, 4.69) is 0 Å². The van der Waals surface area contributed by atoms with Crippen molar-refractivity contribution in [3.05, 3.63) is 152 Å². The second kappa shape index (κ2) is 10.8. The van der Waals surface area contributed by atoms with Gasteiger partial charge in [0.1, 0.15) is 11.5 Å². The summed E-state index contributed by atoms with van der Waals surface area (Å²) >= 11 is 0. The summed E-state index contributed by atoms with van der Waals surface area (Å²) in [5, 5.41) is 2.86. The molecule has 0 aliphatic carbocycles. The molecule has 0 bridgehead atoms. The van der Waals surface area contributed by atoms with Crippen LogP contribution in [0, 0.1) is 0 Å². The number of benzene rings is 5. The van der Waals surface area contributed by atoms with Crippen LogP contribution in [0.4, 0.5) is 0 Å². The highest BCUT2D eigenvalue weighted by atomic mass is 31.2. The monoisotopic (exact) mass is 509 g/mol. The zero-order valence-corrected chi connectivity index (χ0v) is 21.3. The Bertz CT molecular complexity index is 1350. The fourth-order valence-corrected chi connectivity index (χ4v) is 10.3. The van der Waals surface area contributed by atoms with Gasteiger partial charge in [-0.2, -0.15) is 4.52 Å². The predicted molar refractivity (Wildman–Crippen MR) is 149 cm³/mol. The zero-order chi connectivity index (χ0) is 24.7. The Morgan fingerprint density at radius 3 is 1.00 bits per heavy atom. The van der Waals surface area contributed by atoms with Crippen molar-refractivity contribution >= 4 is 30.7 Å². The number of nitrogens with zero attached hydrogens (tertiary/aromatic N) is 1. The molecule has 5 aromatic carbocycles. The van der Waals surface area contributed by atoms with E-state index in [1.165, 1.54) is 0 Å². The lowest BCUT2D eigenvalue weighted by Crippen LogP contribution is -2.25. The van der Waals surface area contributed by atoms with E-state index in [1.807, 2.05) is 127 Å². The van der Waals surface area contributed by atoms with Crippen molar-refractivity contribution in [1.29, 1.82) is 0 Å². The minimum absolute atomic E-state index is 0.424. The molecule has 0 atom stereocenters. The molecule has 36 heavy (non-hydrogen) atoms. The van der Waals surface area contributed by atoms with Crippen LogP contribution in [-0.4, -0.2) is 0 Å². The van der Waals surface area contributed by atoms with E-state index in [4.69, 9.17) is 13.6 Å². The van der Waals surface area contributed by atoms with Crippen molar-refractivity contribution in [2.75, 3.05) is 0 Å². The third-order valence-corrected chi connectivity index (χ3v) is 11.5. The van der Waals surface area contributed by atoms with Crippen LogP contribution in [0.2, 0.25) is 0 Å². The lowest BCUT2D eigenvalue weighted by Gasteiger charge is -2.28. The van der Waals surface area contributed by atoms with E-state index in [0.717, 1.165) is 15.9 Å². The van der Waals surface area contributed by atoms with Crippen molar-refractivity contribution in [2.45, 2.75) is 0 Å². The van der Waals surface area contributed by atoms with Gasteiger partial charge in [-0.1, -0.05) is 127 Å². The van der Waals surface area contributed by atoms with Gasteiger partial charge in [0.15, 0.2) is 0 Å². The molecule has 0 saturated carbocycles. The van der Waals surface area contributed by atoms with Gasteiger partial charge in [0.05, 0.1) is 7.05 Å². The summed E-state index contributed by atoms with van der Waals surface area (Å²) in [6, 6.07) is 48.1. The van der Waals surface area contributed by atoms with Crippen molar-refractivity contribution in [1.82, 2.24) is 0 Å². The maximum atomic E-state index is 14.7. The Morgan fingerprint density at radius 1 is 0.417 bits per heavy atom. The molecule has 0 aliphatic heterocycles. The van der Waals surface area contributed by atoms with Crippen molar-refractivity contribution in [3.8, 4) is 11.5 Å². The topological polar surface area (TPSA) is 47.9 Å². The number of hydrogen-bond donors (Lipinski definition) is 0. The molecule has 178 valence electrons. The molecule has 0 fully saturated rings. The first-order chi connectivity index (χ1) is 17.7. The highest BCUT2D eigenvalue weighted by molar-refractivity contribution is 7.90. The standard InChI is InChI=1S/C30H25NO3P2/c32-36(33-26-16-6-1-7-17-26,34-27-18-8-2-9-19-27)31-35(28-20-10-3-11-21-28,29-22-12-4-13-23-29)30-24-14-5-15-25-30/h1-25H. The molecular weight excluding hydrogens is 484 g/mol. The smallest absolute Gasteiger partial charge is 0.399 e. The van der Waals surface area contributed by atoms with Crippen LogP contribution in [0.25, 0.3) is 0 Å². The van der Waals surface area contributed by atoms with Crippen LogP contribution in [-0.2, 0) is 4.57 Å². The summed E-state index contributed by atoms with van der Waals surface area (Å²) in [6.07, 6.45) is 0. The summed E-state index contributed by atoms with van der Waals surface area (Å²) in [5.74, 6) is 0.848. The molecule has 0 saturated heterocycles. The third-order valence-electron chi connectivity index (χ3n) is 5.56. The Morgan fingerprint density at radius 2 is 0.694 bits per heavy atom. The number of rotatable bonds is 8. The summed E-state index contributed by atoms with van der Waals surface area (Å²) in [6.45, 7) is 0. The Balaban J connectivity index is 1.83. The van der Waals surface area contributed by atoms with E-state index < -0.39 is 14.8 Å². The first-order valence-electron chi connectivity index (χ1n) is 11.6. The number of hydrogen-bond acceptors (Lipinski definition) is 3. The third kappa shape index (κ3) is 5.21. The van der Waals surface area contributed by atoms with Gasteiger partial charge in [-0.15, -0.1) is 0 Å². The van der Waals surface area contributed by atoms with Gasteiger partial charge in [-0.05, 0) is 24.3 Å². The van der Waals surface area contributed by atoms with Crippen LogP contribution >= 0.6 is 14.8 Å². The van der Waals surface area contributed by atoms with E-state index in [9.17, 15) is 4.57 Å². The molecule has 0 aliphatic rings. The van der Waals surface area contributed by atoms with Gasteiger partial charge in [-0.25, -0.2) is 4.57 Å². The molecule has 0 spiro atoms. The van der Waals surface area contributed by atoms with Gasteiger partial charge >= 0.3 is 7.75 Å². The van der Waals surface area contributed by atoms with Gasteiger partial charge in [-0.3, -0.25) is 0 Å². The molecule has 0 heterocycles. The van der Waals surface area contributed by atoms with E-state index in [1.54, 1.807) is 24.3 Å². The van der Waals surface area contributed by atoms with E-state index in [0.29, 0.717) is 11.5 Å². The van der Waals surface area contributed by atoms with Crippen LogP contribution < -0.4 is 25.0 Å². The molecule has 0 N–H and O–H groups in total. The van der Waals surface area contributed by atoms with Gasteiger partial charge in [0, 0.05) is 15.9 Å². The zero-order valence-electron chi connectivity index (χ0n) is 19.5. The highest BCUT2D eigenvalue weighted by Crippen LogP contribution is 2.61. The lowest BCUT2D eigenvalue weighted by molar-refractivity contribution is 0.388. The molecule has 5 rings (SSSR count). The van der Waals surface area contributed by atoms with Crippen LogP contribution in [0.5, 0.6) is 11.5 Å². The fourth-order valence-electron chi connectivity index (χ4n) is 3.98. The van der Waals surface area contributed by atoms with Gasteiger partial charge < -0.3 is 9.05 Å². The van der Waals surface area contributed by atoms with Gasteiger partial charge in [0.25, 0.3) is 0 Å². The van der Waals surface area contributed by atoms with E-state index in [-0.39, 0.29) is 0 Å². The summed E-state index contributed by atoms with van der Waals surface area (Å²) < 4.78 is 32.1. The minimum atomic E-state index is -4.11. The molecule has 0 amide bonds. The normalized spacial score (nSPS) is 11.4. The Labute approximate surface area is 211 Å². The minimum Gasteiger partial charge on any atom is -0.399 e. The maximum absolute atomic E-state index is 14.7. The Hall–Kier alpha value is -3.84. The first-order valence-corrected chi connectivity index (χ1v) is 14.8. The molecule has 0 unspecified atom stereocenters. The first kappa shape index (κ1) is 23.9. The summed E-state index contributed by atoms with van der Waals surface area (Å²) in [7, 11) is -6.94. The molecule has 5 aromatic rings. The quantitative estimate of drug-likeness (QED) is 0.204. The average Bonchev–Trinajstić information content (AvgIpc) is 2.94. The van der Waals surface area contributed by atoms with Crippen molar-refractivity contribution < 1.29 is 13.6 Å². The summed E-state index contributed by atoms with van der Waals surface area (Å²) in [4.78, 5) is 0. The van der Waals surface area contributed by atoms with E-state index >= 15 is 0 Å². The maximum Gasteiger partial charge on any atom is 0.562 e. The molecule has 0 radical (unpaired) electrons. The largest absolute Gasteiger partial charge is 0.562 e. The Kier molecular flexibility index (Phi) is 7.18. The molecule has 6 heteroatoms. The van der Waals surface area contributed by atoms with Crippen LogP contribution in [0.1, 0.15) is 0 Å². The molecule has 0 aromatic heterocycles. The second-order valence-corrected chi connectivity index (χ2v) is 12.8. The second-order valence-electron chi connectivity index (χ2n) is 8.01. The van der Waals surface area contributed by atoms with Crippen LogP contribution in [0.3, 0.4) is 0 Å².